The van der Waals surface area contributed by atoms with E-state index in [1.54, 1.807) is 0 Å². The van der Waals surface area contributed by atoms with Crippen LogP contribution in [0.15, 0.2) is 212 Å². The maximum absolute atomic E-state index is 2.48. The van der Waals surface area contributed by atoms with Crippen LogP contribution in [0.2, 0.25) is 0 Å². The van der Waals surface area contributed by atoms with Gasteiger partial charge in [-0.2, -0.15) is 0 Å². The molecular weight excluding hydrogens is 713 g/mol. The van der Waals surface area contributed by atoms with Crippen molar-refractivity contribution in [1.82, 2.24) is 0 Å². The van der Waals surface area contributed by atoms with E-state index < -0.39 is 0 Å². The van der Waals surface area contributed by atoms with E-state index in [9.17, 15) is 0 Å². The molecule has 11 rings (SSSR count). The number of anilines is 5. The van der Waals surface area contributed by atoms with Gasteiger partial charge in [0.05, 0.1) is 5.69 Å². The number of nitrogens with zero attached hydrogens (tertiary/aromatic N) is 2. The molecule has 286 valence electrons. The molecule has 4 aliphatic carbocycles. The summed E-state index contributed by atoms with van der Waals surface area (Å²) in [6.07, 6.45) is 22.3. The summed E-state index contributed by atoms with van der Waals surface area (Å²) >= 11 is 0. The highest BCUT2D eigenvalue weighted by atomic mass is 15.2. The Kier molecular flexibility index (Phi) is 8.62. The van der Waals surface area contributed by atoms with E-state index in [0.29, 0.717) is 0 Å². The first-order valence-electron chi connectivity index (χ1n) is 21.4. The molecule has 1 spiro atoms. The number of fused-ring (bicyclic) bond motifs is 7. The third-order valence-electron chi connectivity index (χ3n) is 13.7. The minimum absolute atomic E-state index is 0.0602. The van der Waals surface area contributed by atoms with Gasteiger partial charge in [0, 0.05) is 50.6 Å². The van der Waals surface area contributed by atoms with Crippen LogP contribution in [-0.4, -0.2) is 0 Å². The van der Waals surface area contributed by atoms with Crippen molar-refractivity contribution in [3.63, 3.8) is 0 Å². The molecule has 4 aliphatic rings. The van der Waals surface area contributed by atoms with Crippen LogP contribution >= 0.6 is 0 Å². The summed E-state index contributed by atoms with van der Waals surface area (Å²) in [5, 5.41) is 2.48. The Balaban J connectivity index is 0.971. The maximum Gasteiger partial charge on any atom is 0.0540 e. The third-order valence-corrected chi connectivity index (χ3v) is 13.7. The molecule has 2 heteroatoms. The first kappa shape index (κ1) is 35.5. The third kappa shape index (κ3) is 5.92. The van der Waals surface area contributed by atoms with Gasteiger partial charge < -0.3 is 9.80 Å². The molecule has 1 fully saturated rings. The van der Waals surface area contributed by atoms with Gasteiger partial charge in [-0.05, 0) is 112 Å². The monoisotopic (exact) mass is 760 g/mol. The van der Waals surface area contributed by atoms with Gasteiger partial charge in [0.25, 0.3) is 0 Å². The molecule has 0 amide bonds. The molecule has 0 saturated heterocycles. The topological polar surface area (TPSA) is 6.48 Å². The first-order valence-corrected chi connectivity index (χ1v) is 21.4. The SMILES string of the molecule is CC12C=CC=CC1C(N(c1ccccc1)c1ccc(-c3ccc(N(c4ccc5c(c4)-c4ccccc4C54CCCCC4)c4cccc5ccccc45)cc3)cc1)=CC=C2. The zero-order valence-electron chi connectivity index (χ0n) is 33.6. The van der Waals surface area contributed by atoms with E-state index in [1.807, 2.05) is 0 Å². The van der Waals surface area contributed by atoms with Gasteiger partial charge in [0.2, 0.25) is 0 Å². The van der Waals surface area contributed by atoms with Gasteiger partial charge in [-0.25, -0.2) is 0 Å². The zero-order chi connectivity index (χ0) is 39.4. The smallest absolute Gasteiger partial charge is 0.0540 e. The summed E-state index contributed by atoms with van der Waals surface area (Å²) in [4.78, 5) is 4.90. The van der Waals surface area contributed by atoms with Crippen LogP contribution in [0.5, 0.6) is 0 Å². The quantitative estimate of drug-likeness (QED) is 0.160. The molecule has 0 aromatic heterocycles. The lowest BCUT2D eigenvalue weighted by Gasteiger charge is -2.41. The van der Waals surface area contributed by atoms with Crippen molar-refractivity contribution in [1.29, 1.82) is 0 Å². The van der Waals surface area contributed by atoms with E-state index in [0.717, 1.165) is 17.1 Å². The molecule has 0 bridgehead atoms. The molecule has 59 heavy (non-hydrogen) atoms. The van der Waals surface area contributed by atoms with E-state index in [-0.39, 0.29) is 16.7 Å². The summed E-state index contributed by atoms with van der Waals surface area (Å²) < 4.78 is 0. The minimum atomic E-state index is -0.0602. The van der Waals surface area contributed by atoms with E-state index in [4.69, 9.17) is 0 Å². The van der Waals surface area contributed by atoms with Gasteiger partial charge >= 0.3 is 0 Å². The molecule has 0 heterocycles. The molecule has 1 saturated carbocycles. The van der Waals surface area contributed by atoms with Crippen molar-refractivity contribution in [3.05, 3.63) is 223 Å². The number of para-hydroxylation sites is 1. The van der Waals surface area contributed by atoms with Crippen molar-refractivity contribution in [2.24, 2.45) is 11.3 Å². The lowest BCUT2D eigenvalue weighted by molar-refractivity contribution is 0.353. The fourth-order valence-electron chi connectivity index (χ4n) is 10.7. The minimum Gasteiger partial charge on any atom is -0.314 e. The molecule has 2 nitrogen and oxygen atoms in total. The summed E-state index contributed by atoms with van der Waals surface area (Å²) in [6, 6.07) is 61.0. The molecule has 2 unspecified atom stereocenters. The molecule has 7 aromatic carbocycles. The molecule has 7 aromatic rings. The van der Waals surface area contributed by atoms with Crippen molar-refractivity contribution in [3.8, 4) is 22.3 Å². The predicted molar refractivity (Wildman–Crippen MR) is 249 cm³/mol. The highest BCUT2D eigenvalue weighted by molar-refractivity contribution is 5.99. The highest BCUT2D eigenvalue weighted by Gasteiger charge is 2.44. The summed E-state index contributed by atoms with van der Waals surface area (Å²) in [7, 11) is 0. The Morgan fingerprint density at radius 3 is 1.92 bits per heavy atom. The Bertz CT molecular complexity index is 2810. The largest absolute Gasteiger partial charge is 0.314 e. The first-order chi connectivity index (χ1) is 29.1. The lowest BCUT2D eigenvalue weighted by Crippen LogP contribution is -2.33. The van der Waals surface area contributed by atoms with Crippen LogP contribution in [0.4, 0.5) is 28.4 Å². The van der Waals surface area contributed by atoms with Crippen LogP contribution in [-0.2, 0) is 5.41 Å². The summed E-state index contributed by atoms with van der Waals surface area (Å²) in [5.41, 5.74) is 15.4. The van der Waals surface area contributed by atoms with Crippen LogP contribution in [0.3, 0.4) is 0 Å². The van der Waals surface area contributed by atoms with Crippen LogP contribution in [0.25, 0.3) is 33.0 Å². The van der Waals surface area contributed by atoms with Gasteiger partial charge in [0.1, 0.15) is 0 Å². The van der Waals surface area contributed by atoms with Crippen LogP contribution in [0.1, 0.15) is 50.2 Å². The number of rotatable bonds is 7. The van der Waals surface area contributed by atoms with E-state index in [2.05, 4.69) is 223 Å². The second kappa shape index (κ2) is 14.3. The standard InChI is InChI=1S/C57H48N2/c1-56-36-13-10-23-53(56)55(25-15-37-56)58(44-18-4-2-5-19-44)45-30-26-41(27-31-45)42-28-32-46(33-29-42)59(54-24-14-17-43-16-6-7-20-48(43)54)47-34-35-52-50(40-47)49-21-8-9-22-51(49)57(52)38-11-3-12-39-57/h2,4-10,13-37,40,53H,3,11-12,38-39H2,1H3. The number of benzene rings is 7. The normalized spacial score (nSPS) is 19.5. The predicted octanol–water partition coefficient (Wildman–Crippen LogP) is 15.5. The molecule has 2 atom stereocenters. The number of hydrogen-bond acceptors (Lipinski definition) is 2. The fraction of sp³-hybridized carbons (Fsp3) is 0.158. The average Bonchev–Trinajstić information content (AvgIpc) is 3.55. The number of hydrogen-bond donors (Lipinski definition) is 0. The fourth-order valence-corrected chi connectivity index (χ4v) is 10.7. The van der Waals surface area contributed by atoms with Crippen molar-refractivity contribution >= 4 is 39.2 Å². The lowest BCUT2D eigenvalue weighted by atomic mass is 9.68. The van der Waals surface area contributed by atoms with Crippen molar-refractivity contribution in [2.75, 3.05) is 9.80 Å². The van der Waals surface area contributed by atoms with Crippen molar-refractivity contribution < 1.29 is 0 Å². The summed E-state index contributed by atoms with van der Waals surface area (Å²) in [5.74, 6) is 0.239. The van der Waals surface area contributed by atoms with E-state index >= 15 is 0 Å². The summed E-state index contributed by atoms with van der Waals surface area (Å²) in [6.45, 7) is 2.33. The zero-order valence-corrected chi connectivity index (χ0v) is 33.6. The Morgan fingerprint density at radius 1 is 0.492 bits per heavy atom. The van der Waals surface area contributed by atoms with Gasteiger partial charge in [-0.3, -0.25) is 0 Å². The Hall–Kier alpha value is -6.64. The Morgan fingerprint density at radius 2 is 1.12 bits per heavy atom. The second-order valence-electron chi connectivity index (χ2n) is 17.1. The van der Waals surface area contributed by atoms with Crippen LogP contribution < -0.4 is 9.80 Å². The highest BCUT2D eigenvalue weighted by Crippen LogP contribution is 2.57. The van der Waals surface area contributed by atoms with Gasteiger partial charge in [0.15, 0.2) is 0 Å². The van der Waals surface area contributed by atoms with Crippen molar-refractivity contribution in [2.45, 2.75) is 44.4 Å². The van der Waals surface area contributed by atoms with Gasteiger partial charge in [-0.1, -0.05) is 172 Å². The average molecular weight is 761 g/mol. The Labute approximate surface area is 348 Å². The molecule has 0 aliphatic heterocycles. The van der Waals surface area contributed by atoms with E-state index in [1.165, 1.54) is 93.3 Å². The van der Waals surface area contributed by atoms with Gasteiger partial charge in [-0.15, -0.1) is 0 Å². The molecule has 0 N–H and O–H groups in total. The second-order valence-corrected chi connectivity index (χ2v) is 17.1. The maximum atomic E-state index is 2.48. The van der Waals surface area contributed by atoms with Crippen LogP contribution in [0, 0.1) is 11.3 Å². The number of allylic oxidation sites excluding steroid dienone is 7. The molecular formula is C57H48N2. The molecule has 0 radical (unpaired) electrons.